The normalized spacial score (nSPS) is 18.9. The molecule has 0 N–H and O–H groups in total. The molecule has 4 nitrogen and oxygen atoms in total. The van der Waals surface area contributed by atoms with Crippen molar-refractivity contribution in [2.45, 2.75) is 32.7 Å². The van der Waals surface area contributed by atoms with Gasteiger partial charge in [0.05, 0.1) is 13.2 Å². The maximum atomic E-state index is 6.10. The zero-order valence-electron chi connectivity index (χ0n) is 18.8. The van der Waals surface area contributed by atoms with Gasteiger partial charge in [0.25, 0.3) is 0 Å². The third-order valence-electron chi connectivity index (χ3n) is 6.13. The molecule has 0 bridgehead atoms. The number of morpholine rings is 1. The van der Waals surface area contributed by atoms with Crippen LogP contribution in [-0.2, 0) is 24.4 Å². The number of hydrogen-bond acceptors (Lipinski definition) is 5. The summed E-state index contributed by atoms with van der Waals surface area (Å²) >= 11 is 1.93. The summed E-state index contributed by atoms with van der Waals surface area (Å²) in [6, 6.07) is 21.7. The highest BCUT2D eigenvalue weighted by molar-refractivity contribution is 7.13. The molecule has 5 heteroatoms. The Hall–Kier alpha value is -2.60. The van der Waals surface area contributed by atoms with E-state index in [0.29, 0.717) is 12.6 Å². The monoisotopic (exact) mass is 446 g/mol. The number of thiophene rings is 1. The Morgan fingerprint density at radius 1 is 1.09 bits per heavy atom. The van der Waals surface area contributed by atoms with Gasteiger partial charge in [-0.1, -0.05) is 42.5 Å². The van der Waals surface area contributed by atoms with Crippen LogP contribution in [0.2, 0.25) is 0 Å². The molecule has 5 rings (SSSR count). The molecule has 2 aliphatic rings. The van der Waals surface area contributed by atoms with E-state index >= 15 is 0 Å². The molecule has 0 amide bonds. The quantitative estimate of drug-likeness (QED) is 0.507. The third-order valence-corrected chi connectivity index (χ3v) is 7.33. The first kappa shape index (κ1) is 21.3. The van der Waals surface area contributed by atoms with Crippen molar-refractivity contribution in [3.8, 4) is 5.75 Å². The van der Waals surface area contributed by atoms with Crippen LogP contribution in [0.4, 0.5) is 0 Å². The summed E-state index contributed by atoms with van der Waals surface area (Å²) in [6.07, 6.45) is 2.27. The summed E-state index contributed by atoms with van der Waals surface area (Å²) in [6.45, 7) is 7.46. The lowest BCUT2D eigenvalue weighted by Crippen LogP contribution is -2.42. The Balaban J connectivity index is 1.36. The number of hydrogen-bond donors (Lipinski definition) is 0. The first-order chi connectivity index (χ1) is 15.7. The van der Waals surface area contributed by atoms with E-state index in [0.717, 1.165) is 38.6 Å². The molecule has 2 aromatic carbocycles. The minimum atomic E-state index is 0.471. The highest BCUT2D eigenvalue weighted by Gasteiger charge is 2.24. The van der Waals surface area contributed by atoms with Gasteiger partial charge in [0.2, 0.25) is 0 Å². The van der Waals surface area contributed by atoms with Crippen molar-refractivity contribution in [1.82, 2.24) is 9.80 Å². The molecule has 1 aromatic heterocycles. The van der Waals surface area contributed by atoms with Gasteiger partial charge in [-0.15, -0.1) is 11.3 Å². The van der Waals surface area contributed by atoms with Crippen molar-refractivity contribution in [2.75, 3.05) is 26.8 Å². The largest absolute Gasteiger partial charge is 0.489 e. The zero-order valence-corrected chi connectivity index (χ0v) is 19.6. The van der Waals surface area contributed by atoms with Crippen LogP contribution >= 0.6 is 11.3 Å². The molecule has 1 saturated heterocycles. The van der Waals surface area contributed by atoms with Crippen molar-refractivity contribution in [3.05, 3.63) is 93.3 Å². The summed E-state index contributed by atoms with van der Waals surface area (Å²) in [5.41, 5.74) is 5.08. The zero-order chi connectivity index (χ0) is 21.9. The van der Waals surface area contributed by atoms with Gasteiger partial charge in [0.15, 0.2) is 0 Å². The number of benzene rings is 2. The predicted octanol–water partition coefficient (Wildman–Crippen LogP) is 5.38. The summed E-state index contributed by atoms with van der Waals surface area (Å²) < 4.78 is 11.7. The Morgan fingerprint density at radius 2 is 1.97 bits per heavy atom. The fraction of sp³-hybridized carbons (Fsp3) is 0.333. The first-order valence-electron chi connectivity index (χ1n) is 11.3. The molecule has 3 aromatic rings. The van der Waals surface area contributed by atoms with Crippen molar-refractivity contribution >= 4 is 16.9 Å². The van der Waals surface area contributed by atoms with Gasteiger partial charge in [-0.2, -0.15) is 0 Å². The topological polar surface area (TPSA) is 24.9 Å². The molecule has 0 aliphatic carbocycles. The standard InChI is InChI=1S/C27H30N2O2S/c1-20-18-30-12-11-29(20)16-25-14-23-15-28(2)17-26(27(23)32-25)22-9-6-10-24(13-22)31-19-21-7-4-3-5-8-21/h3-10,13-14,17,20H,11-12,15-16,18-19H2,1-2H3/t20-/m0/s1. The Kier molecular flexibility index (Phi) is 6.30. The second-order valence-electron chi connectivity index (χ2n) is 8.72. The second kappa shape index (κ2) is 9.49. The summed E-state index contributed by atoms with van der Waals surface area (Å²) in [4.78, 5) is 7.63. The Bertz CT molecular complexity index is 1090. The van der Waals surface area contributed by atoms with Crippen LogP contribution in [0.3, 0.4) is 0 Å². The molecule has 0 unspecified atom stereocenters. The van der Waals surface area contributed by atoms with Gasteiger partial charge in [0.1, 0.15) is 12.4 Å². The molecule has 0 radical (unpaired) electrons. The van der Waals surface area contributed by atoms with Crippen molar-refractivity contribution in [3.63, 3.8) is 0 Å². The van der Waals surface area contributed by atoms with E-state index in [1.165, 1.54) is 32.0 Å². The van der Waals surface area contributed by atoms with Crippen LogP contribution in [0.25, 0.3) is 5.57 Å². The van der Waals surface area contributed by atoms with Gasteiger partial charge in [-0.05, 0) is 41.8 Å². The average Bonchev–Trinajstić information content (AvgIpc) is 3.22. The van der Waals surface area contributed by atoms with Gasteiger partial charge >= 0.3 is 0 Å². The number of nitrogens with zero attached hydrogens (tertiary/aromatic N) is 2. The van der Waals surface area contributed by atoms with Crippen LogP contribution in [0.15, 0.2) is 66.9 Å². The molecule has 3 heterocycles. The fourth-order valence-electron chi connectivity index (χ4n) is 4.40. The lowest BCUT2D eigenvalue weighted by atomic mass is 9.99. The third kappa shape index (κ3) is 4.75. The van der Waals surface area contributed by atoms with Crippen molar-refractivity contribution in [1.29, 1.82) is 0 Å². The van der Waals surface area contributed by atoms with E-state index in [4.69, 9.17) is 9.47 Å². The Morgan fingerprint density at radius 3 is 2.81 bits per heavy atom. The fourth-order valence-corrected chi connectivity index (χ4v) is 5.63. The minimum absolute atomic E-state index is 0.471. The molecule has 2 aliphatic heterocycles. The highest BCUT2D eigenvalue weighted by Crippen LogP contribution is 2.39. The second-order valence-corrected chi connectivity index (χ2v) is 9.86. The van der Waals surface area contributed by atoms with Gasteiger partial charge in [0, 0.05) is 54.3 Å². The summed E-state index contributed by atoms with van der Waals surface area (Å²) in [7, 11) is 2.15. The first-order valence-corrected chi connectivity index (χ1v) is 12.1. The predicted molar refractivity (Wildman–Crippen MR) is 131 cm³/mol. The van der Waals surface area contributed by atoms with Gasteiger partial charge in [-0.25, -0.2) is 0 Å². The number of rotatable bonds is 6. The highest BCUT2D eigenvalue weighted by atomic mass is 32.1. The summed E-state index contributed by atoms with van der Waals surface area (Å²) in [5.74, 6) is 0.904. The molecule has 166 valence electrons. The molecular weight excluding hydrogens is 416 g/mol. The molecule has 0 spiro atoms. The SMILES string of the molecule is C[C@H]1COCCN1Cc1cc2c(s1)C(c1cccc(OCc3ccccc3)c1)=CN(C)C2. The number of fused-ring (bicyclic) bond motifs is 1. The average molecular weight is 447 g/mol. The van der Waals surface area contributed by atoms with E-state index < -0.39 is 0 Å². The van der Waals surface area contributed by atoms with Gasteiger partial charge in [-0.3, -0.25) is 4.90 Å². The smallest absolute Gasteiger partial charge is 0.120 e. The van der Waals surface area contributed by atoms with Crippen LogP contribution in [0, 0.1) is 0 Å². The van der Waals surface area contributed by atoms with Crippen LogP contribution < -0.4 is 4.74 Å². The Labute approximate surface area is 194 Å². The van der Waals surface area contributed by atoms with Crippen LogP contribution in [0.1, 0.15) is 33.4 Å². The molecule has 32 heavy (non-hydrogen) atoms. The van der Waals surface area contributed by atoms with E-state index in [-0.39, 0.29) is 0 Å². The van der Waals surface area contributed by atoms with E-state index in [9.17, 15) is 0 Å². The van der Waals surface area contributed by atoms with E-state index in [2.05, 4.69) is 66.4 Å². The lowest BCUT2D eigenvalue weighted by molar-refractivity contribution is -0.00391. The van der Waals surface area contributed by atoms with E-state index in [1.807, 2.05) is 35.6 Å². The molecule has 0 saturated carbocycles. The molecule has 1 fully saturated rings. The van der Waals surface area contributed by atoms with Crippen LogP contribution in [-0.4, -0.2) is 42.6 Å². The van der Waals surface area contributed by atoms with Crippen molar-refractivity contribution in [2.24, 2.45) is 0 Å². The summed E-state index contributed by atoms with van der Waals surface area (Å²) in [5, 5.41) is 0. The lowest BCUT2D eigenvalue weighted by Gasteiger charge is -2.32. The molecule has 1 atom stereocenters. The minimum Gasteiger partial charge on any atom is -0.489 e. The maximum Gasteiger partial charge on any atom is 0.120 e. The van der Waals surface area contributed by atoms with Crippen LogP contribution in [0.5, 0.6) is 5.75 Å². The maximum absolute atomic E-state index is 6.10. The number of ether oxygens (including phenoxy) is 2. The van der Waals surface area contributed by atoms with Gasteiger partial charge < -0.3 is 14.4 Å². The molecular formula is C27H30N2O2S. The van der Waals surface area contributed by atoms with E-state index in [1.54, 1.807) is 0 Å². The van der Waals surface area contributed by atoms with Crippen molar-refractivity contribution < 1.29 is 9.47 Å².